The highest BCUT2D eigenvalue weighted by atomic mass is 16.5. The molecule has 0 spiro atoms. The van der Waals surface area contributed by atoms with Gasteiger partial charge in [0.25, 0.3) is 11.7 Å². The van der Waals surface area contributed by atoms with Crippen LogP contribution in [-0.4, -0.2) is 55.2 Å². The molecule has 7 heteroatoms. The molecule has 1 saturated heterocycles. The number of hydrogen-bond acceptors (Lipinski definition) is 6. The molecule has 0 aromatic heterocycles. The van der Waals surface area contributed by atoms with E-state index in [1.165, 1.54) is 12.0 Å². The van der Waals surface area contributed by atoms with Gasteiger partial charge in [0.1, 0.15) is 17.3 Å². The zero-order valence-corrected chi connectivity index (χ0v) is 18.7. The number of methoxy groups -OCH3 is 1. The van der Waals surface area contributed by atoms with Crippen LogP contribution in [0.25, 0.3) is 5.76 Å². The summed E-state index contributed by atoms with van der Waals surface area (Å²) >= 11 is 0. The molecule has 0 radical (unpaired) electrons. The second-order valence-corrected chi connectivity index (χ2v) is 7.36. The highest BCUT2D eigenvalue weighted by molar-refractivity contribution is 6.46. The average molecular weight is 440 g/mol. The van der Waals surface area contributed by atoms with Crippen molar-refractivity contribution in [2.24, 2.45) is 0 Å². The van der Waals surface area contributed by atoms with Gasteiger partial charge in [0, 0.05) is 19.2 Å². The molecule has 1 N–H and O–H groups in total. The van der Waals surface area contributed by atoms with E-state index in [0.29, 0.717) is 35.8 Å². The molecular formula is C25H29NO6. The number of likely N-dealkylation sites (tertiary alicyclic amines) is 1. The maximum Gasteiger partial charge on any atom is 0.295 e. The summed E-state index contributed by atoms with van der Waals surface area (Å²) in [5.41, 5.74) is 1.16. The van der Waals surface area contributed by atoms with Gasteiger partial charge in [-0.15, -0.1) is 0 Å². The number of aliphatic hydroxyl groups excluding tert-OH is 1. The first kappa shape index (κ1) is 23.3. The Morgan fingerprint density at radius 3 is 2.41 bits per heavy atom. The summed E-state index contributed by atoms with van der Waals surface area (Å²) in [7, 11) is 1.53. The van der Waals surface area contributed by atoms with Crippen molar-refractivity contribution in [1.82, 2.24) is 4.90 Å². The number of rotatable bonds is 10. The minimum absolute atomic E-state index is 0.0444. The molecule has 1 atom stereocenters. The van der Waals surface area contributed by atoms with Gasteiger partial charge in [-0.05, 0) is 43.2 Å². The normalized spacial score (nSPS) is 17.6. The summed E-state index contributed by atoms with van der Waals surface area (Å²) in [6.45, 7) is 5.45. The Morgan fingerprint density at radius 1 is 1.00 bits per heavy atom. The number of amides is 1. The monoisotopic (exact) mass is 439 g/mol. The number of carbonyl (C=O) groups is 2. The average Bonchev–Trinajstić information content (AvgIpc) is 3.06. The molecule has 3 rings (SSSR count). The van der Waals surface area contributed by atoms with Gasteiger partial charge in [-0.2, -0.15) is 0 Å². The minimum Gasteiger partial charge on any atom is -0.507 e. The fourth-order valence-corrected chi connectivity index (χ4v) is 3.67. The summed E-state index contributed by atoms with van der Waals surface area (Å²) in [4.78, 5) is 27.3. The van der Waals surface area contributed by atoms with Crippen molar-refractivity contribution < 1.29 is 28.9 Å². The molecule has 170 valence electrons. The lowest BCUT2D eigenvalue weighted by atomic mass is 9.95. The number of nitrogens with zero attached hydrogens (tertiary/aromatic N) is 1. The van der Waals surface area contributed by atoms with Gasteiger partial charge in [-0.25, -0.2) is 0 Å². The highest BCUT2D eigenvalue weighted by Crippen LogP contribution is 2.40. The zero-order valence-electron chi connectivity index (χ0n) is 18.7. The van der Waals surface area contributed by atoms with Gasteiger partial charge in [0.05, 0.1) is 31.4 Å². The molecule has 7 nitrogen and oxygen atoms in total. The third-order valence-electron chi connectivity index (χ3n) is 5.16. The van der Waals surface area contributed by atoms with Gasteiger partial charge >= 0.3 is 0 Å². The van der Waals surface area contributed by atoms with Crippen molar-refractivity contribution in [3.8, 4) is 11.5 Å². The number of aliphatic hydroxyl groups is 1. The Hall–Kier alpha value is -3.32. The first-order chi connectivity index (χ1) is 15.5. The SMILES string of the molecule is CCCOc1cccc(/C(O)=C2\C(=O)C(=O)N(CCOC)C2c2ccc(OCC)cc2)c1. The second kappa shape index (κ2) is 10.8. The fourth-order valence-electron chi connectivity index (χ4n) is 3.67. The standard InChI is InChI=1S/C25H29NO6/c1-4-14-32-20-8-6-7-18(16-20)23(27)21-22(17-9-11-19(12-10-17)31-5-2)26(13-15-30-3)25(29)24(21)28/h6-12,16,22,27H,4-5,13-15H2,1-3H3/b23-21+. The van der Waals surface area contributed by atoms with Gasteiger partial charge in [-0.1, -0.05) is 31.2 Å². The van der Waals surface area contributed by atoms with Gasteiger partial charge < -0.3 is 24.2 Å². The van der Waals surface area contributed by atoms with E-state index < -0.39 is 17.7 Å². The molecule has 2 aromatic rings. The zero-order chi connectivity index (χ0) is 23.1. The summed E-state index contributed by atoms with van der Waals surface area (Å²) in [6, 6.07) is 13.3. The quantitative estimate of drug-likeness (QED) is 0.343. The molecule has 0 bridgehead atoms. The lowest BCUT2D eigenvalue weighted by molar-refractivity contribution is -0.140. The summed E-state index contributed by atoms with van der Waals surface area (Å²) in [5.74, 6) is -0.352. The van der Waals surface area contributed by atoms with Crippen LogP contribution in [0.5, 0.6) is 11.5 Å². The van der Waals surface area contributed by atoms with E-state index in [2.05, 4.69) is 0 Å². The Labute approximate surface area is 188 Å². The number of ether oxygens (including phenoxy) is 3. The number of benzene rings is 2. The van der Waals surface area contributed by atoms with Gasteiger partial charge in [-0.3, -0.25) is 9.59 Å². The first-order valence-corrected chi connectivity index (χ1v) is 10.7. The molecule has 1 fully saturated rings. The van der Waals surface area contributed by atoms with Crippen LogP contribution in [0.4, 0.5) is 0 Å². The van der Waals surface area contributed by atoms with Crippen LogP contribution in [0, 0.1) is 0 Å². The van der Waals surface area contributed by atoms with E-state index in [0.717, 1.165) is 6.42 Å². The van der Waals surface area contributed by atoms with E-state index in [1.54, 1.807) is 48.5 Å². The second-order valence-electron chi connectivity index (χ2n) is 7.36. The topological polar surface area (TPSA) is 85.3 Å². The summed E-state index contributed by atoms with van der Waals surface area (Å²) in [6.07, 6.45) is 0.846. The lowest BCUT2D eigenvalue weighted by Crippen LogP contribution is -2.32. The maximum atomic E-state index is 13.0. The van der Waals surface area contributed by atoms with E-state index in [4.69, 9.17) is 14.2 Å². The van der Waals surface area contributed by atoms with Crippen molar-refractivity contribution in [2.75, 3.05) is 33.5 Å². The van der Waals surface area contributed by atoms with Gasteiger partial charge in [0.2, 0.25) is 0 Å². The van der Waals surface area contributed by atoms with Crippen molar-refractivity contribution in [1.29, 1.82) is 0 Å². The van der Waals surface area contributed by atoms with Crippen LogP contribution < -0.4 is 9.47 Å². The third kappa shape index (κ3) is 4.94. The van der Waals surface area contributed by atoms with Crippen LogP contribution in [0.1, 0.15) is 37.4 Å². The van der Waals surface area contributed by atoms with E-state index >= 15 is 0 Å². The van der Waals surface area contributed by atoms with Gasteiger partial charge in [0.15, 0.2) is 0 Å². The van der Waals surface area contributed by atoms with Crippen LogP contribution in [0.2, 0.25) is 0 Å². The van der Waals surface area contributed by atoms with E-state index in [-0.39, 0.29) is 24.5 Å². The first-order valence-electron chi connectivity index (χ1n) is 10.7. The lowest BCUT2D eigenvalue weighted by Gasteiger charge is -2.25. The highest BCUT2D eigenvalue weighted by Gasteiger charge is 2.45. The molecule has 2 aromatic carbocycles. The van der Waals surface area contributed by atoms with Crippen LogP contribution in [0.15, 0.2) is 54.1 Å². The van der Waals surface area contributed by atoms with Crippen molar-refractivity contribution in [3.63, 3.8) is 0 Å². The van der Waals surface area contributed by atoms with Crippen molar-refractivity contribution in [3.05, 3.63) is 65.2 Å². The molecule has 1 aliphatic heterocycles. The minimum atomic E-state index is -0.735. The molecule has 1 heterocycles. The molecular weight excluding hydrogens is 410 g/mol. The van der Waals surface area contributed by atoms with Crippen LogP contribution >= 0.6 is 0 Å². The Morgan fingerprint density at radius 2 is 1.75 bits per heavy atom. The largest absolute Gasteiger partial charge is 0.507 e. The number of carbonyl (C=O) groups excluding carboxylic acids is 2. The number of ketones is 1. The summed E-state index contributed by atoms with van der Waals surface area (Å²) in [5, 5.41) is 11.1. The van der Waals surface area contributed by atoms with Crippen LogP contribution in [0.3, 0.4) is 0 Å². The number of hydrogen-bond donors (Lipinski definition) is 1. The van der Waals surface area contributed by atoms with Crippen LogP contribution in [-0.2, 0) is 14.3 Å². The van der Waals surface area contributed by atoms with Crippen molar-refractivity contribution in [2.45, 2.75) is 26.3 Å². The molecule has 32 heavy (non-hydrogen) atoms. The molecule has 1 amide bonds. The Kier molecular flexibility index (Phi) is 7.89. The number of Topliss-reactive ketones (excluding diaryl/α,β-unsaturated/α-hetero) is 1. The predicted octanol–water partition coefficient (Wildman–Crippen LogP) is 3.94. The third-order valence-corrected chi connectivity index (χ3v) is 5.16. The molecule has 1 unspecified atom stereocenters. The molecule has 0 saturated carbocycles. The Bertz CT molecular complexity index is 982. The molecule has 1 aliphatic rings. The van der Waals surface area contributed by atoms with E-state index in [1.807, 2.05) is 13.8 Å². The predicted molar refractivity (Wildman–Crippen MR) is 121 cm³/mol. The smallest absolute Gasteiger partial charge is 0.295 e. The van der Waals surface area contributed by atoms with Crippen molar-refractivity contribution >= 4 is 17.4 Å². The fraction of sp³-hybridized carbons (Fsp3) is 0.360. The molecule has 0 aliphatic carbocycles. The summed E-state index contributed by atoms with van der Waals surface area (Å²) < 4.78 is 16.3. The maximum absolute atomic E-state index is 13.0. The Balaban J connectivity index is 2.07. The van der Waals surface area contributed by atoms with E-state index in [9.17, 15) is 14.7 Å².